The lowest BCUT2D eigenvalue weighted by Gasteiger charge is -2.30. The van der Waals surface area contributed by atoms with E-state index >= 15 is 0 Å². The van der Waals surface area contributed by atoms with Crippen molar-refractivity contribution in [3.05, 3.63) is 120 Å². The number of carbonyl (C=O) groups is 3. The topological polar surface area (TPSA) is 103 Å². The molecule has 2 N–H and O–H groups in total. The van der Waals surface area contributed by atoms with Crippen molar-refractivity contribution in [1.82, 2.24) is 10.6 Å². The fourth-order valence-corrected chi connectivity index (χ4v) is 7.59. The average Bonchev–Trinajstić information content (AvgIpc) is 3.30. The van der Waals surface area contributed by atoms with Gasteiger partial charge in [-0.25, -0.2) is 0 Å². The lowest BCUT2D eigenvalue weighted by atomic mass is 9.87. The van der Waals surface area contributed by atoms with Crippen LogP contribution in [0.1, 0.15) is 125 Å². The largest absolute Gasteiger partial charge is 0.496 e. The first kappa shape index (κ1) is 54.7. The number of fused-ring (bicyclic) bond motifs is 2. The van der Waals surface area contributed by atoms with Crippen molar-refractivity contribution in [2.24, 2.45) is 5.92 Å². The molecule has 64 heavy (non-hydrogen) atoms. The third-order valence-corrected chi connectivity index (χ3v) is 10.4. The van der Waals surface area contributed by atoms with Crippen molar-refractivity contribution in [2.45, 2.75) is 145 Å². The monoisotopic (exact) mass is 875 g/mol. The summed E-state index contributed by atoms with van der Waals surface area (Å²) in [5, 5.41) is 11.1. The Morgan fingerprint density at radius 1 is 0.734 bits per heavy atom. The summed E-state index contributed by atoms with van der Waals surface area (Å²) in [6.07, 6.45) is 10.8. The number of ether oxygens (including phenoxy) is 3. The molecule has 0 saturated carbocycles. The van der Waals surface area contributed by atoms with Gasteiger partial charge >= 0.3 is 5.97 Å². The number of allylic oxidation sites excluding steroid dienone is 2. The number of rotatable bonds is 19. The second-order valence-electron chi connectivity index (χ2n) is 16.5. The summed E-state index contributed by atoms with van der Waals surface area (Å²) < 4.78 is 18.3. The van der Waals surface area contributed by atoms with Crippen LogP contribution >= 0.6 is 0 Å². The Morgan fingerprint density at radius 3 is 1.78 bits per heavy atom. The maximum absolute atomic E-state index is 14.0. The van der Waals surface area contributed by atoms with Gasteiger partial charge in [0, 0.05) is 29.1 Å². The van der Waals surface area contributed by atoms with Crippen LogP contribution in [0, 0.1) is 5.92 Å². The number of carbonyl (C=O) groups excluding carboxylic acids is 3. The van der Waals surface area contributed by atoms with Crippen molar-refractivity contribution in [1.29, 1.82) is 0 Å². The van der Waals surface area contributed by atoms with E-state index in [9.17, 15) is 9.59 Å². The Balaban J connectivity index is 0.00000190. The molecule has 0 heterocycles. The number of aldehydes is 1. The molecule has 0 aliphatic heterocycles. The molecule has 0 bridgehead atoms. The van der Waals surface area contributed by atoms with E-state index in [0.29, 0.717) is 19.3 Å². The van der Waals surface area contributed by atoms with Gasteiger partial charge in [0.2, 0.25) is 5.91 Å². The number of benzene rings is 5. The van der Waals surface area contributed by atoms with Crippen molar-refractivity contribution in [2.75, 3.05) is 14.2 Å². The fourth-order valence-electron chi connectivity index (χ4n) is 7.59. The summed E-state index contributed by atoms with van der Waals surface area (Å²) in [5.41, 5.74) is 4.50. The van der Waals surface area contributed by atoms with Gasteiger partial charge in [0.25, 0.3) is 0 Å². The van der Waals surface area contributed by atoms with Crippen LogP contribution in [0.2, 0.25) is 0 Å². The van der Waals surface area contributed by atoms with Crippen molar-refractivity contribution < 1.29 is 28.6 Å². The van der Waals surface area contributed by atoms with Crippen LogP contribution in [0.25, 0.3) is 32.7 Å². The third-order valence-electron chi connectivity index (χ3n) is 10.4. The predicted octanol–water partition coefficient (Wildman–Crippen LogP) is 13.2. The number of hydrogen-bond donors (Lipinski definition) is 2. The second kappa shape index (κ2) is 29.1. The summed E-state index contributed by atoms with van der Waals surface area (Å²) in [4.78, 5) is 35.6. The number of methoxy groups -OCH3 is 2. The summed E-state index contributed by atoms with van der Waals surface area (Å²) >= 11 is 0. The molecule has 8 nitrogen and oxygen atoms in total. The van der Waals surface area contributed by atoms with Crippen LogP contribution in [-0.4, -0.2) is 50.0 Å². The third kappa shape index (κ3) is 16.6. The predicted molar refractivity (Wildman–Crippen MR) is 269 cm³/mol. The highest BCUT2D eigenvalue weighted by Gasteiger charge is 2.29. The highest BCUT2D eigenvalue weighted by molar-refractivity contribution is 6.11. The molecule has 0 radical (unpaired) electrons. The number of nitrogens with one attached hydrogen (secondary N) is 2. The summed E-state index contributed by atoms with van der Waals surface area (Å²) in [7, 11) is 3.44. The molecule has 3 atom stereocenters. The van der Waals surface area contributed by atoms with Crippen LogP contribution in [0.15, 0.2) is 103 Å². The molecule has 5 rings (SSSR count). The van der Waals surface area contributed by atoms with Gasteiger partial charge in [-0.3, -0.25) is 9.59 Å². The zero-order chi connectivity index (χ0) is 47.7. The molecule has 0 fully saturated rings. The lowest BCUT2D eigenvalue weighted by Crippen LogP contribution is -2.54. The van der Waals surface area contributed by atoms with E-state index in [0.717, 1.165) is 92.8 Å². The minimum Gasteiger partial charge on any atom is -0.496 e. The number of amides is 1. The van der Waals surface area contributed by atoms with Gasteiger partial charge in [-0.1, -0.05) is 152 Å². The molecule has 0 aromatic heterocycles. The molecule has 5 aromatic carbocycles. The Labute approximate surface area is 385 Å². The number of esters is 1. The number of unbranched alkanes of at least 4 members (excludes halogenated alkanes) is 2. The zero-order valence-electron chi connectivity index (χ0n) is 41.2. The second-order valence-corrected chi connectivity index (χ2v) is 16.5. The van der Waals surface area contributed by atoms with E-state index in [4.69, 9.17) is 19.0 Å². The molecule has 0 saturated heterocycles. The zero-order valence-corrected chi connectivity index (χ0v) is 41.2. The Morgan fingerprint density at radius 2 is 1.25 bits per heavy atom. The Bertz CT molecular complexity index is 2190. The van der Waals surface area contributed by atoms with Gasteiger partial charge < -0.3 is 29.6 Å². The SMILES string of the molecule is CC.CC.CC=O.CCCCC[C@@H](C)NC(=O)C(Cc1cc2ccccc2c(-c2c(OC)c(C/C=C\C[C@H](C)C(=O)OCc3ccccc3)cc3ccccc23)c1OC)NC(C)(C)C. The first-order valence-electron chi connectivity index (χ1n) is 23.4. The van der Waals surface area contributed by atoms with Crippen molar-refractivity contribution in [3.63, 3.8) is 0 Å². The summed E-state index contributed by atoms with van der Waals surface area (Å²) in [6.45, 7) is 22.2. The van der Waals surface area contributed by atoms with Crippen molar-refractivity contribution in [3.8, 4) is 22.6 Å². The molecule has 5 aromatic rings. The molecule has 348 valence electrons. The summed E-state index contributed by atoms with van der Waals surface area (Å²) in [5.74, 6) is 0.975. The van der Waals surface area contributed by atoms with Gasteiger partial charge in [-0.15, -0.1) is 0 Å². The van der Waals surface area contributed by atoms with E-state index in [-0.39, 0.29) is 36.0 Å². The quantitative estimate of drug-likeness (QED) is 0.0369. The summed E-state index contributed by atoms with van der Waals surface area (Å²) in [6, 6.07) is 30.4. The van der Waals surface area contributed by atoms with Crippen LogP contribution < -0.4 is 20.1 Å². The smallest absolute Gasteiger partial charge is 0.309 e. The van der Waals surface area contributed by atoms with E-state index in [1.54, 1.807) is 14.2 Å². The minimum absolute atomic E-state index is 0.0127. The van der Waals surface area contributed by atoms with Gasteiger partial charge in [-0.2, -0.15) is 0 Å². The van der Waals surface area contributed by atoms with E-state index in [1.165, 1.54) is 6.92 Å². The minimum atomic E-state index is -0.491. The maximum atomic E-state index is 14.0. The van der Waals surface area contributed by atoms with Crippen molar-refractivity contribution >= 4 is 39.7 Å². The fraction of sp³-hybridized carbons (Fsp3) is 0.446. The number of hydrogen-bond acceptors (Lipinski definition) is 7. The first-order chi connectivity index (χ1) is 30.8. The van der Waals surface area contributed by atoms with E-state index < -0.39 is 6.04 Å². The average molecular weight is 875 g/mol. The van der Waals surface area contributed by atoms with E-state index in [1.807, 2.05) is 71.0 Å². The van der Waals surface area contributed by atoms with Gasteiger partial charge in [0.1, 0.15) is 24.4 Å². The van der Waals surface area contributed by atoms with E-state index in [2.05, 4.69) is 112 Å². The van der Waals surface area contributed by atoms with Gasteiger partial charge in [-0.05, 0) is 104 Å². The molecule has 8 heteroatoms. The first-order valence-corrected chi connectivity index (χ1v) is 23.4. The Kier molecular flexibility index (Phi) is 24.8. The molecule has 0 spiro atoms. The Hall–Kier alpha value is -5.47. The van der Waals surface area contributed by atoms with Gasteiger partial charge in [0.15, 0.2) is 0 Å². The standard InChI is InChI=1S/C50H62N2O5.C2H4O.2C2H6/c1-9-10-12-22-35(3)51-48(53)43(52-50(4,5)6)32-40-31-38-26-18-20-29-42(38)45(47(40)56-8)44-41-28-19-17-25-37(41)30-39(46(44)55-7)27-16-15-21-34(2)49(54)57-33-36-23-13-11-14-24-36;1-2-3;2*1-2/h11,13-20,23-26,28-31,34-35,43,52H,9-10,12,21-22,27,32-33H2,1-8H3,(H,51,53);2H,1H3;2*1-2H3/b16-15-;;;/t34-,35+,43?;;;/m0.../s1. The molecule has 1 unspecified atom stereocenters. The van der Waals surface area contributed by atoms with Crippen LogP contribution in [-0.2, 0) is 38.6 Å². The highest BCUT2D eigenvalue weighted by atomic mass is 16.5. The lowest BCUT2D eigenvalue weighted by molar-refractivity contribution is -0.149. The maximum Gasteiger partial charge on any atom is 0.309 e. The molecule has 0 aliphatic carbocycles. The van der Waals surface area contributed by atoms with Crippen LogP contribution in [0.3, 0.4) is 0 Å². The molecule has 1 amide bonds. The molecular weight excluding hydrogens is 797 g/mol. The van der Waals surface area contributed by atoms with Crippen LogP contribution in [0.4, 0.5) is 0 Å². The highest BCUT2D eigenvalue weighted by Crippen LogP contribution is 2.48. The molecular formula is C56H78N2O6. The van der Waals surface area contributed by atoms with Gasteiger partial charge in [0.05, 0.1) is 26.2 Å². The molecule has 0 aliphatic rings. The van der Waals surface area contributed by atoms with Crippen LogP contribution in [0.5, 0.6) is 11.5 Å². The normalized spacial score (nSPS) is 12.3.